The molecule has 0 spiro atoms. The van der Waals surface area contributed by atoms with E-state index in [9.17, 15) is 18.0 Å². The Morgan fingerprint density at radius 1 is 1.09 bits per heavy atom. The van der Waals surface area contributed by atoms with Gasteiger partial charge in [0.25, 0.3) is 0 Å². The lowest BCUT2D eigenvalue weighted by Gasteiger charge is -2.33. The van der Waals surface area contributed by atoms with Gasteiger partial charge in [-0.05, 0) is 50.2 Å². The maximum atomic E-state index is 12.7. The van der Waals surface area contributed by atoms with Crippen molar-refractivity contribution >= 4 is 27.5 Å². The molecule has 1 aromatic carbocycles. The van der Waals surface area contributed by atoms with E-state index in [1.54, 1.807) is 0 Å². The third-order valence-corrected chi connectivity index (χ3v) is 6.81. The molecule has 11 heteroatoms. The molecule has 0 aliphatic carbocycles. The molecule has 10 nitrogen and oxygen atoms in total. The lowest BCUT2D eigenvalue weighted by atomic mass is 10.1. The monoisotopic (exact) mass is 478 g/mol. The van der Waals surface area contributed by atoms with Gasteiger partial charge in [-0.15, -0.1) is 0 Å². The van der Waals surface area contributed by atoms with Gasteiger partial charge in [0, 0.05) is 32.2 Å². The second-order valence-electron chi connectivity index (χ2n) is 7.91. The summed E-state index contributed by atoms with van der Waals surface area (Å²) in [6.45, 7) is 7.58. The Kier molecular flexibility index (Phi) is 8.25. The molecule has 1 aromatic heterocycles. The number of rotatable bonds is 9. The Balaban J connectivity index is 1.61. The minimum absolute atomic E-state index is 0.00601. The van der Waals surface area contributed by atoms with Crippen molar-refractivity contribution in [2.24, 2.45) is 0 Å². The van der Waals surface area contributed by atoms with E-state index in [-0.39, 0.29) is 23.4 Å². The highest BCUT2D eigenvalue weighted by molar-refractivity contribution is 7.89. The fourth-order valence-electron chi connectivity index (χ4n) is 3.56. The SMILES string of the molecule is CC(=O)Nc1ccc(S(=O)(=O)N[C@@H](C)C(=O)NCC(c2ccc(C)o2)N2CCOCC2)cc1. The molecule has 0 radical (unpaired) electrons. The molecule has 1 unspecified atom stereocenters. The van der Waals surface area contributed by atoms with Crippen LogP contribution < -0.4 is 15.4 Å². The number of nitrogens with one attached hydrogen (secondary N) is 3. The first-order valence-corrected chi connectivity index (χ1v) is 12.2. The van der Waals surface area contributed by atoms with E-state index in [0.717, 1.165) is 11.5 Å². The van der Waals surface area contributed by atoms with E-state index >= 15 is 0 Å². The topological polar surface area (TPSA) is 130 Å². The number of furan rings is 1. The van der Waals surface area contributed by atoms with Crippen LogP contribution in [0.4, 0.5) is 5.69 Å². The van der Waals surface area contributed by atoms with Gasteiger partial charge in [-0.25, -0.2) is 8.42 Å². The number of nitrogens with zero attached hydrogens (tertiary/aromatic N) is 1. The first-order valence-electron chi connectivity index (χ1n) is 10.7. The van der Waals surface area contributed by atoms with Crippen LogP contribution in [0.3, 0.4) is 0 Å². The summed E-state index contributed by atoms with van der Waals surface area (Å²) in [6, 6.07) is 8.29. The molecule has 1 aliphatic rings. The molecular weight excluding hydrogens is 448 g/mol. The second kappa shape index (κ2) is 10.9. The summed E-state index contributed by atoms with van der Waals surface area (Å²) in [6.07, 6.45) is 0. The van der Waals surface area contributed by atoms with Gasteiger partial charge in [-0.1, -0.05) is 0 Å². The first kappa shape index (κ1) is 24.9. The number of carbonyl (C=O) groups is 2. The molecule has 2 heterocycles. The molecule has 1 aliphatic heterocycles. The summed E-state index contributed by atoms with van der Waals surface area (Å²) in [7, 11) is -3.93. The maximum absolute atomic E-state index is 12.7. The van der Waals surface area contributed by atoms with E-state index in [2.05, 4.69) is 20.3 Å². The van der Waals surface area contributed by atoms with Crippen molar-refractivity contribution in [1.82, 2.24) is 14.9 Å². The van der Waals surface area contributed by atoms with Crippen LogP contribution in [0.2, 0.25) is 0 Å². The van der Waals surface area contributed by atoms with Crippen molar-refractivity contribution < 1.29 is 27.2 Å². The Bertz CT molecular complexity index is 1060. The number of sulfonamides is 1. The summed E-state index contributed by atoms with van der Waals surface area (Å²) >= 11 is 0. The predicted octanol–water partition coefficient (Wildman–Crippen LogP) is 1.40. The second-order valence-corrected chi connectivity index (χ2v) is 9.62. The highest BCUT2D eigenvalue weighted by Crippen LogP contribution is 2.23. The van der Waals surface area contributed by atoms with Crippen LogP contribution in [0.5, 0.6) is 0 Å². The van der Waals surface area contributed by atoms with Gasteiger partial charge >= 0.3 is 0 Å². The highest BCUT2D eigenvalue weighted by atomic mass is 32.2. The van der Waals surface area contributed by atoms with Gasteiger partial charge in [0.05, 0.1) is 30.2 Å². The van der Waals surface area contributed by atoms with Crippen LogP contribution >= 0.6 is 0 Å². The Hall–Kier alpha value is -2.73. The van der Waals surface area contributed by atoms with Gasteiger partial charge in [0.15, 0.2) is 0 Å². The number of aryl methyl sites for hydroxylation is 1. The van der Waals surface area contributed by atoms with Gasteiger partial charge in [0.2, 0.25) is 21.8 Å². The quantitative estimate of drug-likeness (QED) is 0.497. The van der Waals surface area contributed by atoms with Crippen molar-refractivity contribution in [3.8, 4) is 0 Å². The number of morpholine rings is 1. The van der Waals surface area contributed by atoms with Crippen LogP contribution in [0.15, 0.2) is 45.7 Å². The summed E-state index contributed by atoms with van der Waals surface area (Å²) in [5.74, 6) is 0.812. The largest absolute Gasteiger partial charge is 0.465 e. The van der Waals surface area contributed by atoms with E-state index in [1.807, 2.05) is 19.1 Å². The first-order chi connectivity index (χ1) is 15.7. The summed E-state index contributed by atoms with van der Waals surface area (Å²) in [5.41, 5.74) is 0.481. The van der Waals surface area contributed by atoms with Gasteiger partial charge in [-0.2, -0.15) is 4.72 Å². The predicted molar refractivity (Wildman–Crippen MR) is 122 cm³/mol. The fourth-order valence-corrected chi connectivity index (χ4v) is 4.76. The van der Waals surface area contributed by atoms with Crippen LogP contribution in [0, 0.1) is 6.92 Å². The standard InChI is InChI=1S/C22H30N4O6S/c1-15-4-9-21(32-15)20(26-10-12-31-13-11-26)14-23-22(28)16(2)25-33(29,30)19-7-5-18(6-8-19)24-17(3)27/h4-9,16,20,25H,10-14H2,1-3H3,(H,23,28)(H,24,27)/t16-,20?/m0/s1. The third-order valence-electron chi connectivity index (χ3n) is 5.26. The summed E-state index contributed by atoms with van der Waals surface area (Å²) in [5, 5.41) is 5.41. The van der Waals surface area contributed by atoms with Gasteiger partial charge < -0.3 is 19.8 Å². The molecule has 1 saturated heterocycles. The number of hydrogen-bond donors (Lipinski definition) is 3. The van der Waals surface area contributed by atoms with Crippen molar-refractivity contribution in [2.75, 3.05) is 38.2 Å². The van der Waals surface area contributed by atoms with Crippen LogP contribution in [0.25, 0.3) is 0 Å². The Labute approximate surface area is 193 Å². The van der Waals surface area contributed by atoms with E-state index in [0.29, 0.717) is 32.0 Å². The molecular formula is C22H30N4O6S. The van der Waals surface area contributed by atoms with Crippen molar-refractivity contribution in [1.29, 1.82) is 0 Å². The molecule has 0 bridgehead atoms. The number of amides is 2. The zero-order valence-electron chi connectivity index (χ0n) is 19.0. The van der Waals surface area contributed by atoms with Crippen LogP contribution in [-0.4, -0.2) is 64.0 Å². The lowest BCUT2D eigenvalue weighted by molar-refractivity contribution is -0.122. The molecule has 3 N–H and O–H groups in total. The average molecular weight is 479 g/mol. The molecule has 2 atom stereocenters. The van der Waals surface area contributed by atoms with Crippen molar-refractivity contribution in [3.05, 3.63) is 47.9 Å². The smallest absolute Gasteiger partial charge is 0.241 e. The van der Waals surface area contributed by atoms with E-state index < -0.39 is 22.0 Å². The van der Waals surface area contributed by atoms with E-state index in [1.165, 1.54) is 38.1 Å². The summed E-state index contributed by atoms with van der Waals surface area (Å²) < 4.78 is 39.0. The molecule has 33 heavy (non-hydrogen) atoms. The number of hydrogen-bond acceptors (Lipinski definition) is 7. The number of benzene rings is 1. The highest BCUT2D eigenvalue weighted by Gasteiger charge is 2.27. The molecule has 0 saturated carbocycles. The van der Waals surface area contributed by atoms with Gasteiger partial charge in [0.1, 0.15) is 11.5 Å². The number of anilines is 1. The minimum atomic E-state index is -3.93. The lowest BCUT2D eigenvalue weighted by Crippen LogP contribution is -2.48. The number of carbonyl (C=O) groups excluding carboxylic acids is 2. The zero-order chi connectivity index (χ0) is 24.0. The maximum Gasteiger partial charge on any atom is 0.241 e. The summed E-state index contributed by atoms with van der Waals surface area (Å²) in [4.78, 5) is 26.0. The molecule has 3 rings (SSSR count). The van der Waals surface area contributed by atoms with Crippen molar-refractivity contribution in [3.63, 3.8) is 0 Å². The third kappa shape index (κ3) is 6.87. The van der Waals surface area contributed by atoms with Crippen LogP contribution in [0.1, 0.15) is 31.4 Å². The normalized spacial score (nSPS) is 16.7. The van der Waals surface area contributed by atoms with Crippen molar-refractivity contribution in [2.45, 2.75) is 37.8 Å². The number of ether oxygens (including phenoxy) is 1. The average Bonchev–Trinajstić information content (AvgIpc) is 3.20. The Morgan fingerprint density at radius 3 is 2.33 bits per heavy atom. The molecule has 180 valence electrons. The van der Waals surface area contributed by atoms with E-state index in [4.69, 9.17) is 9.15 Å². The van der Waals surface area contributed by atoms with Crippen LogP contribution in [-0.2, 0) is 24.3 Å². The van der Waals surface area contributed by atoms with Gasteiger partial charge in [-0.3, -0.25) is 14.5 Å². The zero-order valence-corrected chi connectivity index (χ0v) is 19.8. The Morgan fingerprint density at radius 2 is 1.76 bits per heavy atom. The molecule has 2 aromatic rings. The molecule has 1 fully saturated rings. The molecule has 2 amide bonds. The fraction of sp³-hybridized carbons (Fsp3) is 0.455. The minimum Gasteiger partial charge on any atom is -0.465 e.